The number of carbonyl (C=O) groups is 1. The van der Waals surface area contributed by atoms with Gasteiger partial charge in [0.2, 0.25) is 5.91 Å². The van der Waals surface area contributed by atoms with Gasteiger partial charge in [0, 0.05) is 30.7 Å². The van der Waals surface area contributed by atoms with Crippen LogP contribution >= 0.6 is 0 Å². The van der Waals surface area contributed by atoms with Gasteiger partial charge in [-0.05, 0) is 68.9 Å². The Morgan fingerprint density at radius 1 is 1.27 bits per heavy atom. The molecule has 2 aliphatic rings. The number of piperidine rings is 2. The largest absolute Gasteiger partial charge is 0.352 e. The summed E-state index contributed by atoms with van der Waals surface area (Å²) in [6, 6.07) is 10.5. The van der Waals surface area contributed by atoms with Gasteiger partial charge in [-0.2, -0.15) is 5.26 Å². The van der Waals surface area contributed by atoms with Crippen LogP contribution in [0.15, 0.2) is 30.5 Å². The summed E-state index contributed by atoms with van der Waals surface area (Å²) in [5.74, 6) is 0.996. The molecule has 6 heteroatoms. The fourth-order valence-electron chi connectivity index (χ4n) is 5.09. The SMILES string of the molecule is C[C@@H]1C[C@@H](c2ccc(C#N)c3ncccc23)CN(CC(=O)NC2CCN(C)CC2)C1. The highest BCUT2D eigenvalue weighted by Gasteiger charge is 2.29. The average Bonchev–Trinajstić information content (AvgIpc) is 2.74. The topological polar surface area (TPSA) is 72.3 Å². The molecule has 2 saturated heterocycles. The number of rotatable bonds is 4. The zero-order valence-corrected chi connectivity index (χ0v) is 18.0. The van der Waals surface area contributed by atoms with Crippen LogP contribution in [0.5, 0.6) is 0 Å². The van der Waals surface area contributed by atoms with Crippen LogP contribution in [0.1, 0.15) is 43.2 Å². The molecular formula is C24H31N5O. The number of likely N-dealkylation sites (tertiary alicyclic amines) is 2. The summed E-state index contributed by atoms with van der Waals surface area (Å²) < 4.78 is 0. The van der Waals surface area contributed by atoms with Gasteiger partial charge in [-0.3, -0.25) is 14.7 Å². The van der Waals surface area contributed by atoms with Crippen molar-refractivity contribution < 1.29 is 4.79 Å². The van der Waals surface area contributed by atoms with E-state index in [0.29, 0.717) is 30.0 Å². The summed E-state index contributed by atoms with van der Waals surface area (Å²) in [4.78, 5) is 21.8. The number of amides is 1. The Bertz CT molecular complexity index is 944. The third kappa shape index (κ3) is 4.63. The highest BCUT2D eigenvalue weighted by atomic mass is 16.2. The van der Waals surface area contributed by atoms with Gasteiger partial charge in [0.1, 0.15) is 6.07 Å². The lowest BCUT2D eigenvalue weighted by Crippen LogP contribution is -2.49. The molecule has 2 aromatic rings. The summed E-state index contributed by atoms with van der Waals surface area (Å²) in [6.07, 6.45) is 4.90. The minimum atomic E-state index is 0.142. The molecule has 1 aromatic heterocycles. The van der Waals surface area contributed by atoms with Crippen molar-refractivity contribution >= 4 is 16.8 Å². The lowest BCUT2D eigenvalue weighted by atomic mass is 9.83. The number of nitrogens with one attached hydrogen (secondary N) is 1. The first kappa shape index (κ1) is 20.8. The zero-order chi connectivity index (χ0) is 21.1. The lowest BCUT2D eigenvalue weighted by molar-refractivity contribution is -0.123. The maximum Gasteiger partial charge on any atom is 0.234 e. The third-order valence-corrected chi connectivity index (χ3v) is 6.55. The molecule has 2 atom stereocenters. The quantitative estimate of drug-likeness (QED) is 0.847. The van der Waals surface area contributed by atoms with Crippen LogP contribution in [0.3, 0.4) is 0 Å². The second kappa shape index (κ2) is 9.11. The molecule has 2 aliphatic heterocycles. The van der Waals surface area contributed by atoms with Gasteiger partial charge in [-0.25, -0.2) is 0 Å². The van der Waals surface area contributed by atoms with E-state index < -0.39 is 0 Å². The standard InChI is InChI=1S/C24H31N5O/c1-17-12-19(21-6-5-18(13-25)24-22(21)4-3-9-26-24)15-29(14-17)16-23(30)27-20-7-10-28(2)11-8-20/h3-6,9,17,19-20H,7-8,10-12,14-16H2,1-2H3,(H,27,30)/t17-,19-/m1/s1. The second-order valence-electron chi connectivity index (χ2n) is 9.09. The summed E-state index contributed by atoms with van der Waals surface area (Å²) in [5.41, 5.74) is 2.64. The van der Waals surface area contributed by atoms with E-state index in [2.05, 4.69) is 52.3 Å². The van der Waals surface area contributed by atoms with E-state index in [0.717, 1.165) is 56.3 Å². The molecular weight excluding hydrogens is 374 g/mol. The Labute approximate surface area is 178 Å². The molecule has 2 fully saturated rings. The molecule has 0 bridgehead atoms. The molecule has 3 heterocycles. The normalized spacial score (nSPS) is 23.9. The minimum absolute atomic E-state index is 0.142. The fourth-order valence-corrected chi connectivity index (χ4v) is 5.09. The van der Waals surface area contributed by atoms with Crippen LogP contribution in [0.2, 0.25) is 0 Å². The van der Waals surface area contributed by atoms with Crippen LogP contribution < -0.4 is 5.32 Å². The first-order valence-corrected chi connectivity index (χ1v) is 11.0. The van der Waals surface area contributed by atoms with Gasteiger partial charge in [0.15, 0.2) is 0 Å². The Morgan fingerprint density at radius 2 is 2.07 bits per heavy atom. The van der Waals surface area contributed by atoms with E-state index in [-0.39, 0.29) is 5.91 Å². The predicted molar refractivity (Wildman–Crippen MR) is 118 cm³/mol. The van der Waals surface area contributed by atoms with Gasteiger partial charge in [-0.1, -0.05) is 19.1 Å². The third-order valence-electron chi connectivity index (χ3n) is 6.55. The number of hydrogen-bond donors (Lipinski definition) is 1. The number of nitriles is 1. The van der Waals surface area contributed by atoms with Gasteiger partial charge in [0.25, 0.3) is 0 Å². The second-order valence-corrected chi connectivity index (χ2v) is 9.09. The Balaban J connectivity index is 1.46. The van der Waals surface area contributed by atoms with E-state index in [4.69, 9.17) is 0 Å². The molecule has 0 saturated carbocycles. The predicted octanol–water partition coefficient (Wildman–Crippen LogP) is 2.74. The molecule has 158 valence electrons. The summed E-state index contributed by atoms with van der Waals surface area (Å²) in [5, 5.41) is 13.7. The highest BCUT2D eigenvalue weighted by Crippen LogP contribution is 2.34. The highest BCUT2D eigenvalue weighted by molar-refractivity contribution is 5.87. The van der Waals surface area contributed by atoms with E-state index in [1.165, 1.54) is 5.56 Å². The van der Waals surface area contributed by atoms with Crippen LogP contribution in [0, 0.1) is 17.2 Å². The van der Waals surface area contributed by atoms with E-state index >= 15 is 0 Å². The van der Waals surface area contributed by atoms with Crippen molar-refractivity contribution in [2.75, 3.05) is 39.8 Å². The molecule has 1 amide bonds. The summed E-state index contributed by atoms with van der Waals surface area (Å²) in [6.45, 7) is 6.63. The molecule has 30 heavy (non-hydrogen) atoms. The number of carbonyl (C=O) groups excluding carboxylic acids is 1. The van der Waals surface area contributed by atoms with Gasteiger partial charge < -0.3 is 10.2 Å². The van der Waals surface area contributed by atoms with Crippen molar-refractivity contribution in [2.24, 2.45) is 5.92 Å². The minimum Gasteiger partial charge on any atom is -0.352 e. The van der Waals surface area contributed by atoms with E-state index in [1.54, 1.807) is 6.20 Å². The number of benzene rings is 1. The first-order valence-electron chi connectivity index (χ1n) is 11.0. The molecule has 6 nitrogen and oxygen atoms in total. The molecule has 0 aliphatic carbocycles. The molecule has 1 aromatic carbocycles. The smallest absolute Gasteiger partial charge is 0.234 e. The van der Waals surface area contributed by atoms with Crippen molar-refractivity contribution in [3.8, 4) is 6.07 Å². The Morgan fingerprint density at radius 3 is 2.83 bits per heavy atom. The summed E-state index contributed by atoms with van der Waals surface area (Å²) >= 11 is 0. The monoisotopic (exact) mass is 405 g/mol. The van der Waals surface area contributed by atoms with Gasteiger partial charge in [-0.15, -0.1) is 0 Å². The van der Waals surface area contributed by atoms with Crippen molar-refractivity contribution in [1.82, 2.24) is 20.1 Å². The van der Waals surface area contributed by atoms with Crippen LogP contribution in [-0.4, -0.2) is 66.5 Å². The molecule has 0 spiro atoms. The van der Waals surface area contributed by atoms with Crippen molar-refractivity contribution in [3.05, 3.63) is 41.6 Å². The van der Waals surface area contributed by atoms with E-state index in [9.17, 15) is 10.1 Å². The molecule has 0 radical (unpaired) electrons. The number of fused-ring (bicyclic) bond motifs is 1. The van der Waals surface area contributed by atoms with E-state index in [1.807, 2.05) is 12.1 Å². The van der Waals surface area contributed by atoms with Crippen LogP contribution in [0.25, 0.3) is 10.9 Å². The summed E-state index contributed by atoms with van der Waals surface area (Å²) in [7, 11) is 2.13. The van der Waals surface area contributed by atoms with Crippen LogP contribution in [-0.2, 0) is 4.79 Å². The van der Waals surface area contributed by atoms with Crippen LogP contribution in [0.4, 0.5) is 0 Å². The fraction of sp³-hybridized carbons (Fsp3) is 0.542. The maximum absolute atomic E-state index is 12.7. The lowest BCUT2D eigenvalue weighted by Gasteiger charge is -2.37. The maximum atomic E-state index is 12.7. The van der Waals surface area contributed by atoms with Crippen molar-refractivity contribution in [1.29, 1.82) is 5.26 Å². The average molecular weight is 406 g/mol. The molecule has 1 N–H and O–H groups in total. The zero-order valence-electron chi connectivity index (χ0n) is 18.0. The molecule has 4 rings (SSSR count). The number of hydrogen-bond acceptors (Lipinski definition) is 5. The molecule has 0 unspecified atom stereocenters. The number of nitrogens with zero attached hydrogens (tertiary/aromatic N) is 4. The van der Waals surface area contributed by atoms with Crippen molar-refractivity contribution in [2.45, 2.75) is 38.1 Å². The number of pyridine rings is 1. The first-order chi connectivity index (χ1) is 14.5. The Hall–Kier alpha value is -2.49. The Kier molecular flexibility index (Phi) is 6.31. The number of aromatic nitrogens is 1. The van der Waals surface area contributed by atoms with Gasteiger partial charge in [0.05, 0.1) is 17.6 Å². The van der Waals surface area contributed by atoms with Crippen molar-refractivity contribution in [3.63, 3.8) is 0 Å². The van der Waals surface area contributed by atoms with Gasteiger partial charge >= 0.3 is 0 Å².